The maximum atomic E-state index is 12.1. The average molecular weight is 338 g/mol. The van der Waals surface area contributed by atoms with Crippen molar-refractivity contribution in [2.45, 2.75) is 13.0 Å². The van der Waals surface area contributed by atoms with E-state index in [1.165, 1.54) is 5.56 Å². The van der Waals surface area contributed by atoms with Crippen LogP contribution in [0.2, 0.25) is 0 Å². The number of benzene rings is 2. The van der Waals surface area contributed by atoms with Crippen LogP contribution in [0.25, 0.3) is 6.08 Å². The summed E-state index contributed by atoms with van der Waals surface area (Å²) in [4.78, 5) is 14.2. The van der Waals surface area contributed by atoms with Crippen LogP contribution in [0.1, 0.15) is 22.7 Å². The minimum absolute atomic E-state index is 0.0758. The third kappa shape index (κ3) is 5.76. The first-order valence-electron chi connectivity index (χ1n) is 8.32. The maximum Gasteiger partial charge on any atom is 0.244 e. The number of amides is 1. The molecule has 0 aliphatic carbocycles. The lowest BCUT2D eigenvalue weighted by molar-refractivity contribution is -0.116. The summed E-state index contributed by atoms with van der Waals surface area (Å²) in [5, 5.41) is 2.97. The molecule has 0 bridgehead atoms. The molecule has 0 saturated heterocycles. The Hall–Kier alpha value is -2.59. The van der Waals surface area contributed by atoms with E-state index < -0.39 is 0 Å². The van der Waals surface area contributed by atoms with Crippen molar-refractivity contribution in [3.05, 3.63) is 71.3 Å². The highest BCUT2D eigenvalue weighted by atomic mass is 16.5. The van der Waals surface area contributed by atoms with Gasteiger partial charge in [-0.2, -0.15) is 0 Å². The molecule has 0 heterocycles. The summed E-state index contributed by atoms with van der Waals surface area (Å²) >= 11 is 0. The number of likely N-dealkylation sites (N-methyl/N-ethyl adjacent to an activating group) is 1. The maximum absolute atomic E-state index is 12.1. The fourth-order valence-electron chi connectivity index (χ4n) is 2.55. The first kappa shape index (κ1) is 18.7. The Kier molecular flexibility index (Phi) is 6.78. The summed E-state index contributed by atoms with van der Waals surface area (Å²) in [7, 11) is 5.65. The number of nitrogens with zero attached hydrogens (tertiary/aromatic N) is 1. The molecule has 1 unspecified atom stereocenters. The summed E-state index contributed by atoms with van der Waals surface area (Å²) in [5.74, 6) is 0.713. The highest BCUT2D eigenvalue weighted by molar-refractivity contribution is 5.91. The number of rotatable bonds is 7. The van der Waals surface area contributed by atoms with E-state index in [0.717, 1.165) is 16.9 Å². The molecule has 0 spiro atoms. The van der Waals surface area contributed by atoms with Gasteiger partial charge >= 0.3 is 0 Å². The van der Waals surface area contributed by atoms with E-state index in [0.29, 0.717) is 6.54 Å². The van der Waals surface area contributed by atoms with Crippen LogP contribution < -0.4 is 10.1 Å². The zero-order chi connectivity index (χ0) is 18.2. The molecule has 0 radical (unpaired) electrons. The molecule has 0 aliphatic heterocycles. The van der Waals surface area contributed by atoms with Gasteiger partial charge in [-0.1, -0.05) is 42.0 Å². The first-order chi connectivity index (χ1) is 12.0. The smallest absolute Gasteiger partial charge is 0.244 e. The SMILES string of the molecule is COc1cccc(C(CNC(=O)/C=C/c2ccc(C)cc2)N(C)C)c1. The second kappa shape index (κ2) is 9.04. The summed E-state index contributed by atoms with van der Waals surface area (Å²) in [6.45, 7) is 2.57. The molecule has 1 amide bonds. The quantitative estimate of drug-likeness (QED) is 0.787. The van der Waals surface area contributed by atoms with E-state index in [9.17, 15) is 4.79 Å². The number of hydrogen-bond acceptors (Lipinski definition) is 3. The van der Waals surface area contributed by atoms with Crippen molar-refractivity contribution in [2.75, 3.05) is 27.7 Å². The number of methoxy groups -OCH3 is 1. The number of nitrogens with one attached hydrogen (secondary N) is 1. The van der Waals surface area contributed by atoms with Gasteiger partial charge in [0.25, 0.3) is 0 Å². The van der Waals surface area contributed by atoms with E-state index in [1.54, 1.807) is 13.2 Å². The van der Waals surface area contributed by atoms with Crippen LogP contribution in [-0.4, -0.2) is 38.6 Å². The Labute approximate surface area is 150 Å². The third-order valence-corrected chi connectivity index (χ3v) is 4.08. The van der Waals surface area contributed by atoms with Crippen LogP contribution in [0.15, 0.2) is 54.6 Å². The van der Waals surface area contributed by atoms with E-state index in [4.69, 9.17) is 4.74 Å². The lowest BCUT2D eigenvalue weighted by Crippen LogP contribution is -2.33. The fourth-order valence-corrected chi connectivity index (χ4v) is 2.55. The molecule has 4 nitrogen and oxygen atoms in total. The van der Waals surface area contributed by atoms with Crippen LogP contribution in [0.5, 0.6) is 5.75 Å². The number of ether oxygens (including phenoxy) is 1. The molecule has 1 atom stereocenters. The minimum Gasteiger partial charge on any atom is -0.497 e. The summed E-state index contributed by atoms with van der Waals surface area (Å²) in [5.41, 5.74) is 3.32. The van der Waals surface area contributed by atoms with Gasteiger partial charge < -0.3 is 15.0 Å². The van der Waals surface area contributed by atoms with Gasteiger partial charge in [0.15, 0.2) is 0 Å². The van der Waals surface area contributed by atoms with Crippen LogP contribution in [-0.2, 0) is 4.79 Å². The molecule has 0 saturated carbocycles. The Morgan fingerprint density at radius 1 is 1.20 bits per heavy atom. The largest absolute Gasteiger partial charge is 0.497 e. The molecule has 4 heteroatoms. The topological polar surface area (TPSA) is 41.6 Å². The van der Waals surface area contributed by atoms with Crippen molar-refractivity contribution in [3.8, 4) is 5.75 Å². The summed E-state index contributed by atoms with van der Waals surface area (Å²) in [6, 6.07) is 16.1. The van der Waals surface area contributed by atoms with Crippen LogP contribution in [0, 0.1) is 6.92 Å². The zero-order valence-corrected chi connectivity index (χ0v) is 15.3. The van der Waals surface area contributed by atoms with Gasteiger partial charge in [0.1, 0.15) is 5.75 Å². The Balaban J connectivity index is 1.98. The van der Waals surface area contributed by atoms with Gasteiger partial charge in [0.05, 0.1) is 13.2 Å². The molecule has 25 heavy (non-hydrogen) atoms. The molecule has 132 valence electrons. The van der Waals surface area contributed by atoms with E-state index in [1.807, 2.05) is 75.6 Å². The Morgan fingerprint density at radius 3 is 2.56 bits per heavy atom. The Morgan fingerprint density at radius 2 is 1.92 bits per heavy atom. The van der Waals surface area contributed by atoms with Crippen molar-refractivity contribution in [2.24, 2.45) is 0 Å². The first-order valence-corrected chi connectivity index (χ1v) is 8.32. The van der Waals surface area contributed by atoms with Gasteiger partial charge in [0.2, 0.25) is 5.91 Å². The average Bonchev–Trinajstić information content (AvgIpc) is 2.61. The fraction of sp³-hybridized carbons (Fsp3) is 0.286. The molecular formula is C21H26N2O2. The zero-order valence-electron chi connectivity index (χ0n) is 15.3. The van der Waals surface area contributed by atoms with Crippen molar-refractivity contribution in [3.63, 3.8) is 0 Å². The molecule has 0 aliphatic rings. The highest BCUT2D eigenvalue weighted by Crippen LogP contribution is 2.22. The number of carbonyl (C=O) groups is 1. The van der Waals surface area contributed by atoms with E-state index in [-0.39, 0.29) is 11.9 Å². The molecule has 0 aromatic heterocycles. The van der Waals surface area contributed by atoms with Crippen LogP contribution in [0.4, 0.5) is 0 Å². The van der Waals surface area contributed by atoms with Crippen molar-refractivity contribution in [1.82, 2.24) is 10.2 Å². The van der Waals surface area contributed by atoms with E-state index >= 15 is 0 Å². The molecule has 1 N–H and O–H groups in total. The number of hydrogen-bond donors (Lipinski definition) is 1. The molecule has 0 fully saturated rings. The molecule has 2 aromatic rings. The Bertz CT molecular complexity index is 721. The monoisotopic (exact) mass is 338 g/mol. The lowest BCUT2D eigenvalue weighted by atomic mass is 10.1. The van der Waals surface area contributed by atoms with Gasteiger partial charge in [-0.05, 0) is 50.4 Å². The predicted octanol–water partition coefficient (Wildman–Crippen LogP) is 3.44. The second-order valence-corrected chi connectivity index (χ2v) is 6.25. The van der Waals surface area contributed by atoms with Crippen molar-refractivity contribution in [1.29, 1.82) is 0 Å². The van der Waals surface area contributed by atoms with Crippen LogP contribution >= 0.6 is 0 Å². The molecule has 2 aromatic carbocycles. The predicted molar refractivity (Wildman–Crippen MR) is 103 cm³/mol. The van der Waals surface area contributed by atoms with Crippen molar-refractivity contribution >= 4 is 12.0 Å². The van der Waals surface area contributed by atoms with Gasteiger partial charge in [0, 0.05) is 12.6 Å². The van der Waals surface area contributed by atoms with Gasteiger partial charge in [-0.25, -0.2) is 0 Å². The lowest BCUT2D eigenvalue weighted by Gasteiger charge is -2.25. The van der Waals surface area contributed by atoms with Gasteiger partial charge in [-0.3, -0.25) is 4.79 Å². The standard InChI is InChI=1S/C21H26N2O2/c1-16-8-10-17(11-9-16)12-13-21(24)22-15-20(23(2)3)18-6-5-7-19(14-18)25-4/h5-14,20H,15H2,1-4H3,(H,22,24)/b13-12+. The second-order valence-electron chi connectivity index (χ2n) is 6.25. The van der Waals surface area contributed by atoms with Gasteiger partial charge in [-0.15, -0.1) is 0 Å². The van der Waals surface area contributed by atoms with Crippen LogP contribution in [0.3, 0.4) is 0 Å². The summed E-state index contributed by atoms with van der Waals surface area (Å²) < 4.78 is 5.29. The minimum atomic E-state index is -0.102. The normalized spacial score (nSPS) is 12.4. The number of aryl methyl sites for hydroxylation is 1. The summed E-state index contributed by atoms with van der Waals surface area (Å²) in [6.07, 6.45) is 3.40. The highest BCUT2D eigenvalue weighted by Gasteiger charge is 2.15. The third-order valence-electron chi connectivity index (χ3n) is 4.08. The van der Waals surface area contributed by atoms with Crippen molar-refractivity contribution < 1.29 is 9.53 Å². The molecular weight excluding hydrogens is 312 g/mol. The van der Waals surface area contributed by atoms with E-state index in [2.05, 4.69) is 10.2 Å². The molecule has 2 rings (SSSR count). The number of carbonyl (C=O) groups excluding carboxylic acids is 1.